The minimum absolute atomic E-state index is 0.401. The standard InChI is InChI=1S/C22H25N5O2S/c1-16-14-18(3)21(15-17(16)2)30(28,29)27-12-10-26(11-13-27)22-8-7-20(24-25-22)19-6-4-5-9-23-19/h4-9,14-15H,10-13H2,1-3H3. The number of pyridine rings is 1. The van der Waals surface area contributed by atoms with E-state index in [1.54, 1.807) is 16.6 Å². The van der Waals surface area contributed by atoms with Crippen LogP contribution in [-0.2, 0) is 10.0 Å². The third kappa shape index (κ3) is 3.93. The van der Waals surface area contributed by atoms with Gasteiger partial charge in [0.25, 0.3) is 0 Å². The molecule has 0 atom stereocenters. The van der Waals surface area contributed by atoms with E-state index in [2.05, 4.69) is 20.1 Å². The second-order valence-electron chi connectivity index (χ2n) is 7.58. The number of benzene rings is 1. The maximum absolute atomic E-state index is 13.2. The van der Waals surface area contributed by atoms with Crippen LogP contribution in [0.25, 0.3) is 11.4 Å². The molecule has 4 rings (SSSR count). The fourth-order valence-electron chi connectivity index (χ4n) is 3.65. The fraction of sp³-hybridized carbons (Fsp3) is 0.318. The molecule has 7 nitrogen and oxygen atoms in total. The first-order chi connectivity index (χ1) is 14.4. The molecule has 0 bridgehead atoms. The molecule has 0 unspecified atom stereocenters. The molecule has 3 heterocycles. The van der Waals surface area contributed by atoms with E-state index in [-0.39, 0.29) is 0 Å². The van der Waals surface area contributed by atoms with Crippen molar-refractivity contribution in [1.29, 1.82) is 0 Å². The van der Waals surface area contributed by atoms with Gasteiger partial charge in [-0.3, -0.25) is 4.98 Å². The third-order valence-electron chi connectivity index (χ3n) is 5.55. The van der Waals surface area contributed by atoms with Crippen LogP contribution in [-0.4, -0.2) is 54.1 Å². The minimum Gasteiger partial charge on any atom is -0.352 e. The summed E-state index contributed by atoms with van der Waals surface area (Å²) in [5, 5.41) is 8.61. The largest absolute Gasteiger partial charge is 0.352 e. The molecular weight excluding hydrogens is 398 g/mol. The van der Waals surface area contributed by atoms with Crippen LogP contribution < -0.4 is 4.90 Å². The van der Waals surface area contributed by atoms with E-state index in [1.165, 1.54) is 0 Å². The summed E-state index contributed by atoms with van der Waals surface area (Å²) < 4.78 is 27.9. The minimum atomic E-state index is -3.52. The molecule has 0 amide bonds. The lowest BCUT2D eigenvalue weighted by atomic mass is 10.1. The summed E-state index contributed by atoms with van der Waals surface area (Å²) in [6.07, 6.45) is 1.72. The predicted octanol–water partition coefficient (Wildman–Crippen LogP) is 2.97. The zero-order valence-electron chi connectivity index (χ0n) is 17.4. The van der Waals surface area contributed by atoms with Gasteiger partial charge in [0.1, 0.15) is 5.69 Å². The molecule has 0 aliphatic carbocycles. The molecule has 2 aromatic heterocycles. The quantitative estimate of drug-likeness (QED) is 0.642. The Hall–Kier alpha value is -2.84. The zero-order valence-corrected chi connectivity index (χ0v) is 18.2. The van der Waals surface area contributed by atoms with Gasteiger partial charge in [0.05, 0.1) is 10.6 Å². The number of piperazine rings is 1. The van der Waals surface area contributed by atoms with E-state index in [9.17, 15) is 8.42 Å². The summed E-state index contributed by atoms with van der Waals surface area (Å²) in [5.41, 5.74) is 4.36. The van der Waals surface area contributed by atoms with E-state index >= 15 is 0 Å². The van der Waals surface area contributed by atoms with Crippen LogP contribution >= 0.6 is 0 Å². The third-order valence-corrected chi connectivity index (χ3v) is 7.59. The Morgan fingerprint density at radius 2 is 1.53 bits per heavy atom. The average Bonchev–Trinajstić information content (AvgIpc) is 2.77. The predicted molar refractivity (Wildman–Crippen MR) is 117 cm³/mol. The topological polar surface area (TPSA) is 79.3 Å². The number of anilines is 1. The van der Waals surface area contributed by atoms with E-state index in [0.717, 1.165) is 28.2 Å². The van der Waals surface area contributed by atoms with Crippen molar-refractivity contribution >= 4 is 15.8 Å². The number of aromatic nitrogens is 3. The van der Waals surface area contributed by atoms with Crippen LogP contribution in [0, 0.1) is 20.8 Å². The van der Waals surface area contributed by atoms with Crippen LogP contribution in [0.5, 0.6) is 0 Å². The molecule has 30 heavy (non-hydrogen) atoms. The molecule has 156 valence electrons. The lowest BCUT2D eigenvalue weighted by Gasteiger charge is -2.34. The van der Waals surface area contributed by atoms with Crippen LogP contribution in [0.2, 0.25) is 0 Å². The van der Waals surface area contributed by atoms with Crippen molar-refractivity contribution in [2.45, 2.75) is 25.7 Å². The van der Waals surface area contributed by atoms with Crippen LogP contribution in [0.15, 0.2) is 53.6 Å². The number of hydrogen-bond donors (Lipinski definition) is 0. The Kier molecular flexibility index (Phi) is 5.53. The van der Waals surface area contributed by atoms with Crippen LogP contribution in [0.3, 0.4) is 0 Å². The Labute approximate surface area is 177 Å². The molecule has 0 N–H and O–H groups in total. The van der Waals surface area contributed by atoms with Crippen molar-refractivity contribution in [3.8, 4) is 11.4 Å². The zero-order chi connectivity index (χ0) is 21.3. The van der Waals surface area contributed by atoms with Gasteiger partial charge in [0.2, 0.25) is 10.0 Å². The lowest BCUT2D eigenvalue weighted by molar-refractivity contribution is 0.383. The Bertz CT molecular complexity index is 1140. The average molecular weight is 424 g/mol. The molecule has 0 spiro atoms. The Morgan fingerprint density at radius 1 is 0.800 bits per heavy atom. The Morgan fingerprint density at radius 3 is 2.17 bits per heavy atom. The normalized spacial score (nSPS) is 15.4. The van der Waals surface area contributed by atoms with Crippen molar-refractivity contribution in [3.05, 3.63) is 65.4 Å². The first-order valence-corrected chi connectivity index (χ1v) is 11.4. The summed E-state index contributed by atoms with van der Waals surface area (Å²) >= 11 is 0. The maximum atomic E-state index is 13.2. The van der Waals surface area contributed by atoms with E-state index in [1.807, 2.05) is 57.2 Å². The second kappa shape index (κ2) is 8.12. The number of rotatable bonds is 4. The Balaban J connectivity index is 1.47. The fourth-order valence-corrected chi connectivity index (χ4v) is 5.37. The van der Waals surface area contributed by atoms with Crippen molar-refractivity contribution in [1.82, 2.24) is 19.5 Å². The van der Waals surface area contributed by atoms with Gasteiger partial charge in [0.15, 0.2) is 5.82 Å². The molecule has 1 aliphatic heterocycles. The van der Waals surface area contributed by atoms with Gasteiger partial charge in [-0.15, -0.1) is 10.2 Å². The number of hydrogen-bond acceptors (Lipinski definition) is 6. The lowest BCUT2D eigenvalue weighted by Crippen LogP contribution is -2.49. The van der Waals surface area contributed by atoms with Gasteiger partial charge in [-0.2, -0.15) is 4.31 Å². The van der Waals surface area contributed by atoms with Crippen molar-refractivity contribution < 1.29 is 8.42 Å². The monoisotopic (exact) mass is 423 g/mol. The van der Waals surface area contributed by atoms with Crippen LogP contribution in [0.1, 0.15) is 16.7 Å². The van der Waals surface area contributed by atoms with Gasteiger partial charge >= 0.3 is 0 Å². The van der Waals surface area contributed by atoms with Gasteiger partial charge in [-0.1, -0.05) is 12.1 Å². The first-order valence-electron chi connectivity index (χ1n) is 9.94. The van der Waals surface area contributed by atoms with Gasteiger partial charge in [-0.05, 0) is 67.8 Å². The second-order valence-corrected chi connectivity index (χ2v) is 9.49. The highest BCUT2D eigenvalue weighted by atomic mass is 32.2. The highest BCUT2D eigenvalue weighted by Gasteiger charge is 2.30. The van der Waals surface area contributed by atoms with E-state index in [4.69, 9.17) is 0 Å². The summed E-state index contributed by atoms with van der Waals surface area (Å²) in [5.74, 6) is 0.745. The molecule has 8 heteroatoms. The first kappa shape index (κ1) is 20.4. The molecular formula is C22H25N5O2S. The molecule has 1 fully saturated rings. The summed E-state index contributed by atoms with van der Waals surface area (Å²) in [6, 6.07) is 13.2. The molecule has 3 aromatic rings. The highest BCUT2D eigenvalue weighted by molar-refractivity contribution is 7.89. The summed E-state index contributed by atoms with van der Waals surface area (Å²) in [6.45, 7) is 7.77. The molecule has 1 saturated heterocycles. The number of aryl methyl sites for hydroxylation is 3. The summed E-state index contributed by atoms with van der Waals surface area (Å²) in [4.78, 5) is 6.75. The highest BCUT2D eigenvalue weighted by Crippen LogP contribution is 2.25. The molecule has 0 radical (unpaired) electrons. The van der Waals surface area contributed by atoms with E-state index in [0.29, 0.717) is 36.8 Å². The molecule has 1 aromatic carbocycles. The van der Waals surface area contributed by atoms with Crippen molar-refractivity contribution in [2.24, 2.45) is 0 Å². The smallest absolute Gasteiger partial charge is 0.243 e. The van der Waals surface area contributed by atoms with Gasteiger partial charge < -0.3 is 4.90 Å². The van der Waals surface area contributed by atoms with Crippen molar-refractivity contribution in [3.63, 3.8) is 0 Å². The SMILES string of the molecule is Cc1cc(C)c(S(=O)(=O)N2CCN(c3ccc(-c4ccccn4)nn3)CC2)cc1C. The maximum Gasteiger partial charge on any atom is 0.243 e. The van der Waals surface area contributed by atoms with Crippen molar-refractivity contribution in [2.75, 3.05) is 31.1 Å². The van der Waals surface area contributed by atoms with Gasteiger partial charge in [0, 0.05) is 32.4 Å². The van der Waals surface area contributed by atoms with Crippen LogP contribution in [0.4, 0.5) is 5.82 Å². The number of sulfonamides is 1. The summed E-state index contributed by atoms with van der Waals surface area (Å²) in [7, 11) is -3.52. The van der Waals surface area contributed by atoms with Gasteiger partial charge in [-0.25, -0.2) is 8.42 Å². The molecule has 1 aliphatic rings. The van der Waals surface area contributed by atoms with E-state index < -0.39 is 10.0 Å². The number of nitrogens with zero attached hydrogens (tertiary/aromatic N) is 5. The molecule has 0 saturated carbocycles.